The minimum Gasteiger partial charge on any atom is -0.338 e. The molecule has 3 heterocycles. The molecule has 0 unspecified atom stereocenters. The van der Waals surface area contributed by atoms with Crippen LogP contribution in [0.25, 0.3) is 0 Å². The van der Waals surface area contributed by atoms with E-state index in [0.717, 1.165) is 13.0 Å². The highest BCUT2D eigenvalue weighted by atomic mass is 35.5. The van der Waals surface area contributed by atoms with Crippen LogP contribution in [-0.4, -0.2) is 65.4 Å². The Morgan fingerprint density at radius 1 is 1.08 bits per heavy atom. The molecule has 1 N–H and O–H groups in total. The van der Waals surface area contributed by atoms with Gasteiger partial charge in [0.2, 0.25) is 5.91 Å². The van der Waals surface area contributed by atoms with Crippen molar-refractivity contribution in [3.05, 3.63) is 86.6 Å². The SMILES string of the molecule is Cc1ccc([C@@H]2c3ccsc3CCN2CC(=O)N2CCN(C(=O)Nc3cccc(Cl)c3)[C@H](C)C2)cc1. The predicted molar refractivity (Wildman–Crippen MR) is 146 cm³/mol. The van der Waals surface area contributed by atoms with Crippen LogP contribution in [0.5, 0.6) is 0 Å². The second kappa shape index (κ2) is 10.6. The Labute approximate surface area is 221 Å². The van der Waals surface area contributed by atoms with E-state index in [-0.39, 0.29) is 24.0 Å². The molecule has 0 saturated carbocycles. The van der Waals surface area contributed by atoms with Gasteiger partial charge in [0.15, 0.2) is 0 Å². The van der Waals surface area contributed by atoms with Gasteiger partial charge in [0.05, 0.1) is 12.6 Å². The number of urea groups is 1. The number of carbonyl (C=O) groups is 2. The van der Waals surface area contributed by atoms with E-state index < -0.39 is 0 Å². The Kier molecular flexibility index (Phi) is 7.32. The van der Waals surface area contributed by atoms with Crippen molar-refractivity contribution in [3.8, 4) is 0 Å². The number of hydrogen-bond acceptors (Lipinski definition) is 4. The number of hydrogen-bond donors (Lipinski definition) is 1. The van der Waals surface area contributed by atoms with Crippen LogP contribution in [0.1, 0.15) is 34.5 Å². The summed E-state index contributed by atoms with van der Waals surface area (Å²) < 4.78 is 0. The average Bonchev–Trinajstić information content (AvgIpc) is 3.33. The first-order valence-electron chi connectivity index (χ1n) is 12.4. The minimum absolute atomic E-state index is 0.0837. The Morgan fingerprint density at radius 2 is 1.89 bits per heavy atom. The Hall–Kier alpha value is -2.87. The lowest BCUT2D eigenvalue weighted by Crippen LogP contribution is -2.58. The van der Waals surface area contributed by atoms with E-state index in [2.05, 4.69) is 52.9 Å². The molecule has 0 aliphatic carbocycles. The Balaban J connectivity index is 1.24. The van der Waals surface area contributed by atoms with Gasteiger partial charge in [-0.25, -0.2) is 4.79 Å². The molecular formula is C28H31ClN4O2S. The number of carbonyl (C=O) groups excluding carboxylic acids is 2. The highest BCUT2D eigenvalue weighted by molar-refractivity contribution is 7.10. The number of nitrogens with one attached hydrogen (secondary N) is 1. The first-order valence-corrected chi connectivity index (χ1v) is 13.6. The summed E-state index contributed by atoms with van der Waals surface area (Å²) in [5, 5.41) is 5.65. The molecule has 3 amide bonds. The molecule has 2 aliphatic heterocycles. The van der Waals surface area contributed by atoms with Crippen LogP contribution in [0.3, 0.4) is 0 Å². The molecule has 1 saturated heterocycles. The highest BCUT2D eigenvalue weighted by Gasteiger charge is 2.34. The van der Waals surface area contributed by atoms with Crippen LogP contribution in [0.4, 0.5) is 10.5 Å². The topological polar surface area (TPSA) is 55.9 Å². The lowest BCUT2D eigenvalue weighted by Gasteiger charge is -2.41. The number of aryl methyl sites for hydroxylation is 1. The van der Waals surface area contributed by atoms with Gasteiger partial charge < -0.3 is 15.1 Å². The molecule has 5 rings (SSSR count). The molecular weight excluding hydrogens is 492 g/mol. The summed E-state index contributed by atoms with van der Waals surface area (Å²) in [5.74, 6) is 0.118. The summed E-state index contributed by atoms with van der Waals surface area (Å²) in [5.41, 5.74) is 4.44. The Bertz CT molecular complexity index is 1240. The van der Waals surface area contributed by atoms with Gasteiger partial charge in [-0.2, -0.15) is 0 Å². The third kappa shape index (κ3) is 5.28. The van der Waals surface area contributed by atoms with Crippen molar-refractivity contribution in [3.63, 3.8) is 0 Å². The van der Waals surface area contributed by atoms with E-state index in [0.29, 0.717) is 36.9 Å². The molecule has 2 aromatic carbocycles. The van der Waals surface area contributed by atoms with Gasteiger partial charge in [0.1, 0.15) is 0 Å². The first-order chi connectivity index (χ1) is 17.4. The fourth-order valence-electron chi connectivity index (χ4n) is 5.20. The summed E-state index contributed by atoms with van der Waals surface area (Å²) in [6.07, 6.45) is 0.969. The molecule has 2 atom stereocenters. The van der Waals surface area contributed by atoms with Gasteiger partial charge in [-0.05, 0) is 61.0 Å². The van der Waals surface area contributed by atoms with Gasteiger partial charge in [-0.3, -0.25) is 9.69 Å². The lowest BCUT2D eigenvalue weighted by molar-refractivity contribution is -0.135. The van der Waals surface area contributed by atoms with E-state index in [1.54, 1.807) is 17.0 Å². The highest BCUT2D eigenvalue weighted by Crippen LogP contribution is 2.37. The smallest absolute Gasteiger partial charge is 0.322 e. The number of rotatable bonds is 4. The maximum absolute atomic E-state index is 13.5. The van der Waals surface area contributed by atoms with Crippen molar-refractivity contribution in [2.75, 3.05) is 38.0 Å². The summed E-state index contributed by atoms with van der Waals surface area (Å²) >= 11 is 7.85. The number of piperazine rings is 1. The molecule has 36 heavy (non-hydrogen) atoms. The van der Waals surface area contributed by atoms with Crippen LogP contribution in [0.2, 0.25) is 5.02 Å². The van der Waals surface area contributed by atoms with Crippen molar-refractivity contribution in [1.29, 1.82) is 0 Å². The van der Waals surface area contributed by atoms with Crippen LogP contribution >= 0.6 is 22.9 Å². The lowest BCUT2D eigenvalue weighted by atomic mass is 9.92. The van der Waals surface area contributed by atoms with E-state index >= 15 is 0 Å². The maximum Gasteiger partial charge on any atom is 0.322 e. The second-order valence-corrected chi connectivity index (χ2v) is 11.1. The number of thiophene rings is 1. The van der Waals surface area contributed by atoms with Crippen molar-refractivity contribution in [2.45, 2.75) is 32.4 Å². The molecule has 0 radical (unpaired) electrons. The zero-order chi connectivity index (χ0) is 25.2. The van der Waals surface area contributed by atoms with Crippen molar-refractivity contribution in [1.82, 2.24) is 14.7 Å². The summed E-state index contributed by atoms with van der Waals surface area (Å²) in [6.45, 7) is 6.86. The molecule has 188 valence electrons. The van der Waals surface area contributed by atoms with E-state index in [9.17, 15) is 9.59 Å². The van der Waals surface area contributed by atoms with Crippen molar-refractivity contribution >= 4 is 40.6 Å². The average molecular weight is 523 g/mol. The van der Waals surface area contributed by atoms with Crippen LogP contribution < -0.4 is 5.32 Å². The maximum atomic E-state index is 13.5. The molecule has 0 bridgehead atoms. The third-order valence-corrected chi connectivity index (χ3v) is 8.35. The number of benzene rings is 2. The number of nitrogens with zero attached hydrogens (tertiary/aromatic N) is 3. The Morgan fingerprint density at radius 3 is 2.64 bits per heavy atom. The number of anilines is 1. The largest absolute Gasteiger partial charge is 0.338 e. The van der Waals surface area contributed by atoms with Crippen molar-refractivity contribution in [2.24, 2.45) is 0 Å². The van der Waals surface area contributed by atoms with Crippen LogP contribution in [0, 0.1) is 6.92 Å². The monoisotopic (exact) mass is 522 g/mol. The zero-order valence-electron chi connectivity index (χ0n) is 20.6. The minimum atomic E-state index is -0.169. The molecule has 8 heteroatoms. The van der Waals surface area contributed by atoms with Gasteiger partial charge in [-0.15, -0.1) is 11.3 Å². The van der Waals surface area contributed by atoms with Crippen molar-refractivity contribution < 1.29 is 9.59 Å². The fraction of sp³-hybridized carbons (Fsp3) is 0.357. The van der Waals surface area contributed by atoms with E-state index in [1.165, 1.54) is 21.6 Å². The second-order valence-electron chi connectivity index (χ2n) is 9.66. The molecule has 1 aromatic heterocycles. The number of fused-ring (bicyclic) bond motifs is 1. The first kappa shape index (κ1) is 24.8. The molecule has 6 nitrogen and oxygen atoms in total. The summed E-state index contributed by atoms with van der Waals surface area (Å²) in [4.78, 5) is 33.7. The number of halogens is 1. The van der Waals surface area contributed by atoms with E-state index in [4.69, 9.17) is 11.6 Å². The summed E-state index contributed by atoms with van der Waals surface area (Å²) in [6, 6.07) is 17.8. The quantitative estimate of drug-likeness (QED) is 0.497. The van der Waals surface area contributed by atoms with Crippen LogP contribution in [-0.2, 0) is 11.2 Å². The fourth-order valence-corrected chi connectivity index (χ4v) is 6.29. The van der Waals surface area contributed by atoms with Gasteiger partial charge in [-0.1, -0.05) is 47.5 Å². The van der Waals surface area contributed by atoms with Gasteiger partial charge >= 0.3 is 6.03 Å². The molecule has 1 fully saturated rings. The normalized spacial score (nSPS) is 20.2. The van der Waals surface area contributed by atoms with Gasteiger partial charge in [0.25, 0.3) is 0 Å². The van der Waals surface area contributed by atoms with Gasteiger partial charge in [0, 0.05) is 47.8 Å². The zero-order valence-corrected chi connectivity index (χ0v) is 22.2. The third-order valence-electron chi connectivity index (χ3n) is 7.11. The molecule has 0 spiro atoms. The molecule has 2 aliphatic rings. The summed E-state index contributed by atoms with van der Waals surface area (Å²) in [7, 11) is 0. The standard InChI is InChI=1S/C28H31ClN4O2S/c1-19-6-8-21(9-7-19)27-24-11-15-36-25(24)10-12-32(27)18-26(34)31-13-14-33(20(2)17-31)28(35)30-23-5-3-4-22(29)16-23/h3-9,11,15-16,20,27H,10,12-14,17-18H2,1-2H3,(H,30,35)/t20-,27-/m1/s1. The predicted octanol–water partition coefficient (Wildman–Crippen LogP) is 5.42. The van der Waals surface area contributed by atoms with Crippen LogP contribution in [0.15, 0.2) is 60.0 Å². The molecule has 3 aromatic rings. The van der Waals surface area contributed by atoms with E-state index in [1.807, 2.05) is 35.3 Å². The number of amides is 3.